The van der Waals surface area contributed by atoms with Crippen LogP contribution in [0.1, 0.15) is 19.3 Å². The Morgan fingerprint density at radius 1 is 1.35 bits per heavy atom. The zero-order valence-electron chi connectivity index (χ0n) is 11.6. The van der Waals surface area contributed by atoms with Gasteiger partial charge in [-0.1, -0.05) is 0 Å². The summed E-state index contributed by atoms with van der Waals surface area (Å²) in [6, 6.07) is 1.87. The second kappa shape index (κ2) is 6.37. The van der Waals surface area contributed by atoms with E-state index < -0.39 is 15.9 Å². The van der Waals surface area contributed by atoms with E-state index in [0.717, 1.165) is 19.1 Å². The van der Waals surface area contributed by atoms with E-state index in [4.69, 9.17) is 13.7 Å². The molecule has 2 saturated heterocycles. The highest BCUT2D eigenvalue weighted by molar-refractivity contribution is 7.85. The third-order valence-electron chi connectivity index (χ3n) is 3.65. The molecule has 1 atom stereocenters. The van der Waals surface area contributed by atoms with Gasteiger partial charge < -0.3 is 9.47 Å². The van der Waals surface area contributed by atoms with Crippen molar-refractivity contribution in [2.45, 2.75) is 31.1 Å². The molecule has 2 rings (SSSR count). The average molecular weight is 304 g/mol. The Bertz CT molecular complexity index is 457. The van der Waals surface area contributed by atoms with Gasteiger partial charge in [0.2, 0.25) is 0 Å². The minimum Gasteiger partial charge on any atom is -0.347 e. The van der Waals surface area contributed by atoms with Gasteiger partial charge in [0.15, 0.2) is 5.79 Å². The van der Waals surface area contributed by atoms with E-state index in [-0.39, 0.29) is 12.6 Å². The molecule has 0 aliphatic carbocycles. The predicted octanol–water partition coefficient (Wildman–Crippen LogP) is 0.0838. The van der Waals surface area contributed by atoms with Crippen molar-refractivity contribution >= 4 is 10.1 Å². The van der Waals surface area contributed by atoms with Crippen LogP contribution < -0.4 is 0 Å². The quantitative estimate of drug-likeness (QED) is 0.665. The summed E-state index contributed by atoms with van der Waals surface area (Å²) < 4.78 is 37.7. The molecular weight excluding hydrogens is 284 g/mol. The van der Waals surface area contributed by atoms with Crippen LogP contribution in [-0.4, -0.2) is 64.3 Å². The van der Waals surface area contributed by atoms with Crippen molar-refractivity contribution in [3.05, 3.63) is 0 Å². The maximum Gasteiger partial charge on any atom is 0.264 e. The van der Waals surface area contributed by atoms with Crippen molar-refractivity contribution in [1.82, 2.24) is 4.90 Å². The third kappa shape index (κ3) is 4.14. The summed E-state index contributed by atoms with van der Waals surface area (Å²) in [6.07, 6.45) is 2.85. The van der Waals surface area contributed by atoms with Crippen LogP contribution in [0.2, 0.25) is 0 Å². The van der Waals surface area contributed by atoms with Crippen LogP contribution in [0.5, 0.6) is 0 Å². The van der Waals surface area contributed by atoms with Crippen LogP contribution in [0.3, 0.4) is 0 Å². The lowest BCUT2D eigenvalue weighted by Gasteiger charge is -2.39. The lowest BCUT2D eigenvalue weighted by Crippen LogP contribution is -2.48. The first kappa shape index (κ1) is 15.7. The average Bonchev–Trinajstić information content (AvgIpc) is 2.83. The standard InChI is InChI=1S/C12H20N2O5S/c1-20(15,16)19-7-2-11(10-13)14-5-3-12(4-6-14)17-8-9-18-12/h11H,2-9H2,1H3. The van der Waals surface area contributed by atoms with Crippen molar-refractivity contribution in [1.29, 1.82) is 5.26 Å². The van der Waals surface area contributed by atoms with Gasteiger partial charge in [-0.15, -0.1) is 0 Å². The lowest BCUT2D eigenvalue weighted by molar-refractivity contribution is -0.186. The summed E-state index contributed by atoms with van der Waals surface area (Å²) in [5.74, 6) is -0.459. The minimum atomic E-state index is -3.44. The fourth-order valence-electron chi connectivity index (χ4n) is 2.60. The van der Waals surface area contributed by atoms with Gasteiger partial charge in [0.05, 0.1) is 32.1 Å². The molecule has 2 heterocycles. The van der Waals surface area contributed by atoms with E-state index in [1.807, 2.05) is 4.90 Å². The number of nitriles is 1. The number of likely N-dealkylation sites (tertiary alicyclic amines) is 1. The number of ether oxygens (including phenoxy) is 2. The smallest absolute Gasteiger partial charge is 0.264 e. The van der Waals surface area contributed by atoms with Crippen LogP contribution in [0, 0.1) is 11.3 Å². The Labute approximate surface area is 119 Å². The van der Waals surface area contributed by atoms with E-state index in [1.165, 1.54) is 0 Å². The van der Waals surface area contributed by atoms with Crippen molar-refractivity contribution < 1.29 is 22.1 Å². The Kier molecular flexibility index (Phi) is 4.99. The molecule has 0 saturated carbocycles. The van der Waals surface area contributed by atoms with Crippen LogP contribution in [0.4, 0.5) is 0 Å². The number of hydrogen-bond acceptors (Lipinski definition) is 7. The van der Waals surface area contributed by atoms with Crippen molar-refractivity contribution in [3.63, 3.8) is 0 Å². The number of rotatable bonds is 5. The van der Waals surface area contributed by atoms with Gasteiger partial charge >= 0.3 is 0 Å². The Balaban J connectivity index is 1.80. The van der Waals surface area contributed by atoms with E-state index in [1.54, 1.807) is 0 Å². The molecule has 114 valence electrons. The lowest BCUT2D eigenvalue weighted by atomic mass is 10.0. The molecule has 1 spiro atoms. The monoisotopic (exact) mass is 304 g/mol. The molecule has 0 N–H and O–H groups in total. The molecule has 0 aromatic heterocycles. The number of piperidine rings is 1. The maximum atomic E-state index is 10.9. The zero-order valence-corrected chi connectivity index (χ0v) is 12.4. The van der Waals surface area contributed by atoms with Gasteiger partial charge in [-0.05, 0) is 0 Å². The van der Waals surface area contributed by atoms with Gasteiger partial charge in [0, 0.05) is 32.4 Å². The molecule has 0 amide bonds. The third-order valence-corrected chi connectivity index (χ3v) is 4.25. The number of hydrogen-bond donors (Lipinski definition) is 0. The second-order valence-corrected chi connectivity index (χ2v) is 6.75. The summed E-state index contributed by atoms with van der Waals surface area (Å²) in [5, 5.41) is 9.21. The summed E-state index contributed by atoms with van der Waals surface area (Å²) in [4.78, 5) is 2.03. The van der Waals surface area contributed by atoms with Gasteiger partial charge in [0.25, 0.3) is 10.1 Å². The predicted molar refractivity (Wildman–Crippen MR) is 70.3 cm³/mol. The summed E-state index contributed by atoms with van der Waals surface area (Å²) in [6.45, 7) is 2.70. The molecular formula is C12H20N2O5S. The van der Waals surface area contributed by atoms with Gasteiger partial charge in [0.1, 0.15) is 6.04 Å². The minimum absolute atomic E-state index is 0.0334. The van der Waals surface area contributed by atoms with Crippen LogP contribution in [0.25, 0.3) is 0 Å². The Morgan fingerprint density at radius 2 is 1.95 bits per heavy atom. The molecule has 0 radical (unpaired) electrons. The van der Waals surface area contributed by atoms with Gasteiger partial charge in [-0.3, -0.25) is 9.08 Å². The van der Waals surface area contributed by atoms with E-state index in [0.29, 0.717) is 32.7 Å². The van der Waals surface area contributed by atoms with Crippen molar-refractivity contribution in [2.75, 3.05) is 39.2 Å². The SMILES string of the molecule is CS(=O)(=O)OCCC(C#N)N1CCC2(CC1)OCCO2. The van der Waals surface area contributed by atoms with E-state index in [9.17, 15) is 13.7 Å². The first-order valence-electron chi connectivity index (χ1n) is 6.70. The van der Waals surface area contributed by atoms with Crippen molar-refractivity contribution in [2.24, 2.45) is 0 Å². The van der Waals surface area contributed by atoms with E-state index in [2.05, 4.69) is 6.07 Å². The summed E-state index contributed by atoms with van der Waals surface area (Å²) in [5.41, 5.74) is 0. The summed E-state index contributed by atoms with van der Waals surface area (Å²) in [7, 11) is -3.44. The molecule has 0 aromatic rings. The van der Waals surface area contributed by atoms with Gasteiger partial charge in [-0.25, -0.2) is 0 Å². The van der Waals surface area contributed by atoms with Crippen LogP contribution in [-0.2, 0) is 23.8 Å². The first-order chi connectivity index (χ1) is 9.44. The number of nitrogens with zero attached hydrogens (tertiary/aromatic N) is 2. The van der Waals surface area contributed by atoms with Crippen molar-refractivity contribution in [3.8, 4) is 6.07 Å². The normalized spacial score (nSPS) is 24.6. The highest BCUT2D eigenvalue weighted by atomic mass is 32.2. The van der Waals surface area contributed by atoms with E-state index >= 15 is 0 Å². The fraction of sp³-hybridized carbons (Fsp3) is 0.917. The van der Waals surface area contributed by atoms with Crippen LogP contribution in [0.15, 0.2) is 0 Å². The first-order valence-corrected chi connectivity index (χ1v) is 8.52. The molecule has 7 nitrogen and oxygen atoms in total. The zero-order chi connectivity index (χ0) is 14.6. The highest BCUT2D eigenvalue weighted by Gasteiger charge is 2.41. The molecule has 1 unspecified atom stereocenters. The molecule has 2 aliphatic rings. The fourth-order valence-corrected chi connectivity index (χ4v) is 3.00. The molecule has 20 heavy (non-hydrogen) atoms. The molecule has 0 bridgehead atoms. The summed E-state index contributed by atoms with van der Waals surface area (Å²) >= 11 is 0. The molecule has 0 aromatic carbocycles. The maximum absolute atomic E-state index is 10.9. The van der Waals surface area contributed by atoms with Crippen LogP contribution >= 0.6 is 0 Å². The second-order valence-electron chi connectivity index (χ2n) is 5.10. The molecule has 8 heteroatoms. The molecule has 2 aliphatic heterocycles. The van der Waals surface area contributed by atoms with Gasteiger partial charge in [-0.2, -0.15) is 13.7 Å². The topological polar surface area (TPSA) is 88.9 Å². The Morgan fingerprint density at radius 3 is 2.45 bits per heavy atom. The Hall–Kier alpha value is -0.720. The largest absolute Gasteiger partial charge is 0.347 e. The molecule has 2 fully saturated rings. The highest BCUT2D eigenvalue weighted by Crippen LogP contribution is 2.32.